The highest BCUT2D eigenvalue weighted by atomic mass is 79.9. The number of ether oxygens (including phenoxy) is 4. The molecule has 188 valence electrons. The van der Waals surface area contributed by atoms with Gasteiger partial charge in [0.25, 0.3) is 0 Å². The van der Waals surface area contributed by atoms with Gasteiger partial charge in [-0.25, -0.2) is 4.79 Å². The number of cyclic esters (lactones) is 1. The van der Waals surface area contributed by atoms with E-state index < -0.39 is 12.2 Å². The summed E-state index contributed by atoms with van der Waals surface area (Å²) >= 11 is 9.53. The Morgan fingerprint density at radius 1 is 1.03 bits per heavy atom. The molecule has 4 rings (SSSR count). The van der Waals surface area contributed by atoms with E-state index in [1.807, 2.05) is 37.3 Å². The molecule has 1 saturated heterocycles. The van der Waals surface area contributed by atoms with Crippen molar-refractivity contribution in [3.8, 4) is 17.2 Å². The van der Waals surface area contributed by atoms with E-state index in [1.165, 1.54) is 7.11 Å². The molecular weight excluding hydrogens is 550 g/mol. The monoisotopic (exact) mass is 573 g/mol. The fourth-order valence-corrected chi connectivity index (χ4v) is 4.57. The van der Waals surface area contributed by atoms with Crippen molar-refractivity contribution in [1.29, 1.82) is 0 Å². The fourth-order valence-electron chi connectivity index (χ4n) is 4.03. The van der Waals surface area contributed by atoms with Gasteiger partial charge in [0.1, 0.15) is 11.9 Å². The first-order valence-corrected chi connectivity index (χ1v) is 12.4. The maximum Gasteiger partial charge on any atom is 0.411 e. The highest BCUT2D eigenvalue weighted by Crippen LogP contribution is 2.38. The molecule has 3 aromatic carbocycles. The molecule has 1 amide bonds. The minimum atomic E-state index is -0.415. The van der Waals surface area contributed by atoms with E-state index in [1.54, 1.807) is 42.3 Å². The van der Waals surface area contributed by atoms with Crippen LogP contribution in [-0.2, 0) is 27.2 Å². The second-order valence-electron chi connectivity index (χ2n) is 8.32. The summed E-state index contributed by atoms with van der Waals surface area (Å²) in [6.45, 7) is 2.21. The van der Waals surface area contributed by atoms with E-state index in [0.29, 0.717) is 22.3 Å². The van der Waals surface area contributed by atoms with Crippen LogP contribution in [-0.4, -0.2) is 37.2 Å². The van der Waals surface area contributed by atoms with Crippen LogP contribution in [0.15, 0.2) is 65.1 Å². The van der Waals surface area contributed by atoms with Crippen molar-refractivity contribution >= 4 is 39.6 Å². The maximum absolute atomic E-state index is 12.8. The van der Waals surface area contributed by atoms with Crippen molar-refractivity contribution in [2.24, 2.45) is 0 Å². The van der Waals surface area contributed by atoms with E-state index in [-0.39, 0.29) is 25.0 Å². The lowest BCUT2D eigenvalue weighted by Crippen LogP contribution is -2.31. The number of hydrogen-bond acceptors (Lipinski definition) is 6. The number of hydrogen-bond donors (Lipinski definition) is 0. The number of carbonyl (C=O) groups is 2. The highest BCUT2D eigenvalue weighted by molar-refractivity contribution is 9.10. The van der Waals surface area contributed by atoms with Crippen LogP contribution in [0.5, 0.6) is 17.2 Å². The predicted molar refractivity (Wildman–Crippen MR) is 139 cm³/mol. The number of carbonyl (C=O) groups excluding carboxylic acids is 2. The molecule has 0 bridgehead atoms. The standard InChI is InChI=1S/C27H25BrClNO6/c1-16-26(18-5-8-21(29)9-6-18)36-27(32)30(16)15-19-14-20(28)7-11-22(19)35-24-12-17(13-25(31)34-3)4-10-23(24)33-2/h4-12,14,16,26H,13,15H2,1-3H3/t16-,26-/m1/s1. The molecule has 1 aliphatic heterocycles. The lowest BCUT2D eigenvalue weighted by atomic mass is 10.0. The summed E-state index contributed by atoms with van der Waals surface area (Å²) in [7, 11) is 2.89. The quantitative estimate of drug-likeness (QED) is 0.279. The summed E-state index contributed by atoms with van der Waals surface area (Å²) < 4.78 is 23.0. The van der Waals surface area contributed by atoms with Crippen molar-refractivity contribution in [3.05, 3.63) is 86.8 Å². The first-order chi connectivity index (χ1) is 17.3. The van der Waals surface area contributed by atoms with E-state index >= 15 is 0 Å². The topological polar surface area (TPSA) is 74.3 Å². The first-order valence-electron chi connectivity index (χ1n) is 11.2. The molecule has 0 radical (unpaired) electrons. The SMILES string of the molecule is COC(=O)Cc1ccc(OC)c(Oc2ccc(Br)cc2CN2C(=O)O[C@@H](c3ccc(Cl)cc3)[C@H]2C)c1. The Morgan fingerprint density at radius 3 is 2.44 bits per heavy atom. The summed E-state index contributed by atoms with van der Waals surface area (Å²) in [6, 6.07) is 17.9. The Bertz CT molecular complexity index is 1270. The van der Waals surface area contributed by atoms with Crippen molar-refractivity contribution in [1.82, 2.24) is 4.90 Å². The zero-order chi connectivity index (χ0) is 25.8. The number of rotatable bonds is 8. The average Bonchev–Trinajstić information content (AvgIpc) is 3.14. The number of amides is 1. The van der Waals surface area contributed by atoms with Gasteiger partial charge in [-0.15, -0.1) is 0 Å². The minimum absolute atomic E-state index is 0.104. The van der Waals surface area contributed by atoms with Gasteiger partial charge in [-0.05, 0) is 60.5 Å². The van der Waals surface area contributed by atoms with Gasteiger partial charge in [0.2, 0.25) is 0 Å². The molecule has 9 heteroatoms. The van der Waals surface area contributed by atoms with Crippen molar-refractivity contribution in [3.63, 3.8) is 0 Å². The molecule has 0 aromatic heterocycles. The van der Waals surface area contributed by atoms with Gasteiger partial charge in [-0.2, -0.15) is 0 Å². The lowest BCUT2D eigenvalue weighted by Gasteiger charge is -2.23. The van der Waals surface area contributed by atoms with Gasteiger partial charge in [0.15, 0.2) is 11.5 Å². The number of halogens is 2. The third-order valence-electron chi connectivity index (χ3n) is 5.98. The van der Waals surface area contributed by atoms with Crippen LogP contribution in [0.2, 0.25) is 5.02 Å². The molecule has 3 aromatic rings. The molecule has 7 nitrogen and oxygen atoms in total. The molecule has 1 aliphatic rings. The third kappa shape index (κ3) is 5.77. The smallest absolute Gasteiger partial charge is 0.411 e. The van der Waals surface area contributed by atoms with E-state index in [4.69, 9.17) is 30.5 Å². The van der Waals surface area contributed by atoms with Gasteiger partial charge in [-0.3, -0.25) is 9.69 Å². The van der Waals surface area contributed by atoms with E-state index in [2.05, 4.69) is 15.9 Å². The Hall–Kier alpha value is -3.23. The Balaban J connectivity index is 1.60. The molecule has 0 unspecified atom stereocenters. The van der Waals surface area contributed by atoms with Crippen LogP contribution in [0, 0.1) is 0 Å². The lowest BCUT2D eigenvalue weighted by molar-refractivity contribution is -0.139. The molecule has 0 saturated carbocycles. The van der Waals surface area contributed by atoms with Crippen LogP contribution < -0.4 is 9.47 Å². The molecule has 36 heavy (non-hydrogen) atoms. The molecule has 0 aliphatic carbocycles. The maximum atomic E-state index is 12.8. The summed E-state index contributed by atoms with van der Waals surface area (Å²) in [6.07, 6.45) is -0.722. The zero-order valence-corrected chi connectivity index (χ0v) is 22.3. The molecule has 1 fully saturated rings. The molecule has 2 atom stereocenters. The molecule has 1 heterocycles. The van der Waals surface area contributed by atoms with Crippen molar-refractivity contribution in [2.75, 3.05) is 14.2 Å². The summed E-state index contributed by atoms with van der Waals surface area (Å²) in [5.41, 5.74) is 2.37. The molecular formula is C27H25BrClNO6. The molecule has 0 N–H and O–H groups in total. The van der Waals surface area contributed by atoms with Crippen LogP contribution in [0.3, 0.4) is 0 Å². The number of esters is 1. The van der Waals surface area contributed by atoms with Crippen molar-refractivity contribution in [2.45, 2.75) is 32.0 Å². The summed E-state index contributed by atoms with van der Waals surface area (Å²) in [5, 5.41) is 0.620. The van der Waals surface area contributed by atoms with Gasteiger partial charge >= 0.3 is 12.1 Å². The van der Waals surface area contributed by atoms with Gasteiger partial charge in [0.05, 0.1) is 33.2 Å². The number of methoxy groups -OCH3 is 2. The van der Waals surface area contributed by atoms with E-state index in [0.717, 1.165) is 21.2 Å². The normalized spacial score (nSPS) is 17.0. The second kappa shape index (κ2) is 11.2. The fraction of sp³-hybridized carbons (Fsp3) is 0.259. The van der Waals surface area contributed by atoms with Crippen LogP contribution in [0.4, 0.5) is 4.79 Å². The minimum Gasteiger partial charge on any atom is -0.493 e. The summed E-state index contributed by atoms with van der Waals surface area (Å²) in [4.78, 5) is 26.2. The Labute approximate surface area is 223 Å². The molecule has 0 spiro atoms. The number of benzene rings is 3. The third-order valence-corrected chi connectivity index (χ3v) is 6.72. The average molecular weight is 575 g/mol. The summed E-state index contributed by atoms with van der Waals surface area (Å²) in [5.74, 6) is 1.14. The van der Waals surface area contributed by atoms with Crippen molar-refractivity contribution < 1.29 is 28.5 Å². The van der Waals surface area contributed by atoms with Gasteiger partial charge in [0, 0.05) is 15.1 Å². The van der Waals surface area contributed by atoms with Gasteiger partial charge < -0.3 is 18.9 Å². The van der Waals surface area contributed by atoms with E-state index in [9.17, 15) is 9.59 Å². The van der Waals surface area contributed by atoms with Gasteiger partial charge in [-0.1, -0.05) is 45.7 Å². The Morgan fingerprint density at radius 2 is 1.75 bits per heavy atom. The zero-order valence-electron chi connectivity index (χ0n) is 20.0. The van der Waals surface area contributed by atoms with Crippen LogP contribution >= 0.6 is 27.5 Å². The highest BCUT2D eigenvalue weighted by Gasteiger charge is 2.40. The first kappa shape index (κ1) is 25.9. The number of nitrogens with zero attached hydrogens (tertiary/aromatic N) is 1. The second-order valence-corrected chi connectivity index (χ2v) is 9.67. The van der Waals surface area contributed by atoms with Crippen LogP contribution in [0.25, 0.3) is 0 Å². The van der Waals surface area contributed by atoms with Crippen LogP contribution in [0.1, 0.15) is 29.7 Å². The predicted octanol–water partition coefficient (Wildman–Crippen LogP) is 6.70. The Kier molecular flexibility index (Phi) is 8.06. The largest absolute Gasteiger partial charge is 0.493 e.